The monoisotopic (exact) mass is 236 g/mol. The van der Waals surface area contributed by atoms with Gasteiger partial charge in [0, 0.05) is 11.6 Å². The summed E-state index contributed by atoms with van der Waals surface area (Å²) in [7, 11) is 0. The minimum Gasteiger partial charge on any atom is -0.486 e. The minimum atomic E-state index is -1.02. The Labute approximate surface area is 95.4 Å². The van der Waals surface area contributed by atoms with Crippen molar-refractivity contribution in [3.05, 3.63) is 40.6 Å². The van der Waals surface area contributed by atoms with E-state index in [1.54, 1.807) is 29.9 Å². The molecule has 2 heterocycles. The van der Waals surface area contributed by atoms with Crippen molar-refractivity contribution in [2.24, 2.45) is 0 Å². The Kier molecular flexibility index (Phi) is 3.11. The van der Waals surface area contributed by atoms with Crippen LogP contribution in [0.1, 0.15) is 15.5 Å². The van der Waals surface area contributed by atoms with Crippen molar-refractivity contribution in [1.82, 2.24) is 9.97 Å². The second kappa shape index (κ2) is 4.71. The molecule has 0 aliphatic carbocycles. The number of carbonyl (C=O) groups is 1. The summed E-state index contributed by atoms with van der Waals surface area (Å²) in [5.41, 5.74) is 0.603. The number of rotatable bonds is 4. The van der Waals surface area contributed by atoms with Crippen molar-refractivity contribution in [2.45, 2.75) is 6.61 Å². The number of aromatic carboxylic acids is 1. The van der Waals surface area contributed by atoms with E-state index in [4.69, 9.17) is 9.84 Å². The first-order valence-electron chi connectivity index (χ1n) is 4.46. The van der Waals surface area contributed by atoms with Crippen LogP contribution in [0.2, 0.25) is 0 Å². The van der Waals surface area contributed by atoms with Gasteiger partial charge in [-0.15, -0.1) is 11.3 Å². The molecule has 2 aromatic rings. The molecule has 82 valence electrons. The van der Waals surface area contributed by atoms with E-state index in [2.05, 4.69) is 9.97 Å². The lowest BCUT2D eigenvalue weighted by Gasteiger charge is -2.01. The molecule has 0 amide bonds. The van der Waals surface area contributed by atoms with Crippen LogP contribution in [-0.4, -0.2) is 21.0 Å². The summed E-state index contributed by atoms with van der Waals surface area (Å²) >= 11 is 1.09. The summed E-state index contributed by atoms with van der Waals surface area (Å²) in [5, 5.41) is 10.4. The molecule has 0 unspecified atom stereocenters. The molecule has 0 saturated heterocycles. The standard InChI is InChI=1S/C10H8N2O3S/c13-10(14)9-12-7(6-16-9)5-15-8-2-1-3-11-4-8/h1-4,6H,5H2,(H,13,14). The first-order chi connectivity index (χ1) is 7.75. The molecule has 0 fully saturated rings. The van der Waals surface area contributed by atoms with Crippen LogP contribution < -0.4 is 4.74 Å². The molecule has 2 aromatic heterocycles. The Morgan fingerprint density at radius 3 is 3.06 bits per heavy atom. The highest BCUT2D eigenvalue weighted by molar-refractivity contribution is 7.11. The van der Waals surface area contributed by atoms with Crippen molar-refractivity contribution in [3.8, 4) is 5.75 Å². The van der Waals surface area contributed by atoms with E-state index in [9.17, 15) is 4.79 Å². The van der Waals surface area contributed by atoms with Crippen LogP contribution in [-0.2, 0) is 6.61 Å². The van der Waals surface area contributed by atoms with Gasteiger partial charge in [-0.3, -0.25) is 4.98 Å². The van der Waals surface area contributed by atoms with Crippen molar-refractivity contribution in [2.75, 3.05) is 0 Å². The highest BCUT2D eigenvalue weighted by Gasteiger charge is 2.08. The fraction of sp³-hybridized carbons (Fsp3) is 0.100. The quantitative estimate of drug-likeness (QED) is 0.876. The van der Waals surface area contributed by atoms with Gasteiger partial charge in [-0.2, -0.15) is 0 Å². The number of hydrogen-bond donors (Lipinski definition) is 1. The first-order valence-corrected chi connectivity index (χ1v) is 5.34. The van der Waals surface area contributed by atoms with Gasteiger partial charge in [0.15, 0.2) is 0 Å². The largest absolute Gasteiger partial charge is 0.486 e. The molecule has 5 nitrogen and oxygen atoms in total. The Balaban J connectivity index is 1.97. The van der Waals surface area contributed by atoms with E-state index in [1.165, 1.54) is 0 Å². The molecule has 0 bridgehead atoms. The zero-order valence-electron chi connectivity index (χ0n) is 8.16. The molecule has 2 rings (SSSR count). The van der Waals surface area contributed by atoms with Gasteiger partial charge in [-0.1, -0.05) is 0 Å². The molecule has 16 heavy (non-hydrogen) atoms. The lowest BCUT2D eigenvalue weighted by atomic mass is 10.4. The van der Waals surface area contributed by atoms with Gasteiger partial charge in [0.05, 0.1) is 11.9 Å². The molecule has 0 atom stereocenters. The molecule has 6 heteroatoms. The molecule has 0 aliphatic heterocycles. The predicted molar refractivity (Wildman–Crippen MR) is 57.6 cm³/mol. The van der Waals surface area contributed by atoms with E-state index >= 15 is 0 Å². The molecular formula is C10H8N2O3S. The highest BCUT2D eigenvalue weighted by atomic mass is 32.1. The van der Waals surface area contributed by atoms with Crippen LogP contribution in [0.5, 0.6) is 5.75 Å². The SMILES string of the molecule is O=C(O)c1nc(COc2cccnc2)cs1. The Bertz CT molecular complexity index is 484. The van der Waals surface area contributed by atoms with Crippen LogP contribution in [0.15, 0.2) is 29.9 Å². The number of hydrogen-bond acceptors (Lipinski definition) is 5. The lowest BCUT2D eigenvalue weighted by Crippen LogP contribution is -1.99. The summed E-state index contributed by atoms with van der Waals surface area (Å²) < 4.78 is 5.37. The van der Waals surface area contributed by atoms with Gasteiger partial charge in [0.2, 0.25) is 5.01 Å². The van der Waals surface area contributed by atoms with E-state index in [0.717, 1.165) is 11.3 Å². The molecule has 1 N–H and O–H groups in total. The third kappa shape index (κ3) is 2.54. The van der Waals surface area contributed by atoms with E-state index in [-0.39, 0.29) is 11.6 Å². The summed E-state index contributed by atoms with van der Waals surface area (Å²) in [6, 6.07) is 3.54. The van der Waals surface area contributed by atoms with E-state index in [1.807, 2.05) is 0 Å². The van der Waals surface area contributed by atoms with Crippen molar-refractivity contribution in [1.29, 1.82) is 0 Å². The van der Waals surface area contributed by atoms with Crippen molar-refractivity contribution >= 4 is 17.3 Å². The number of ether oxygens (including phenoxy) is 1. The van der Waals surface area contributed by atoms with Crippen molar-refractivity contribution in [3.63, 3.8) is 0 Å². The third-order valence-electron chi connectivity index (χ3n) is 1.76. The topological polar surface area (TPSA) is 72.3 Å². The van der Waals surface area contributed by atoms with Crippen molar-refractivity contribution < 1.29 is 14.6 Å². The van der Waals surface area contributed by atoms with Gasteiger partial charge < -0.3 is 9.84 Å². The summed E-state index contributed by atoms with van der Waals surface area (Å²) in [5.74, 6) is -0.384. The maximum atomic E-state index is 10.6. The normalized spacial score (nSPS) is 10.0. The number of nitrogens with zero attached hydrogens (tertiary/aromatic N) is 2. The Morgan fingerprint density at radius 1 is 1.56 bits per heavy atom. The second-order valence-corrected chi connectivity index (χ2v) is 3.78. The Morgan fingerprint density at radius 2 is 2.44 bits per heavy atom. The fourth-order valence-corrected chi connectivity index (χ4v) is 1.70. The molecule has 0 radical (unpaired) electrons. The van der Waals surface area contributed by atoms with Gasteiger partial charge >= 0.3 is 5.97 Å². The number of carboxylic acids is 1. The van der Waals surface area contributed by atoms with Gasteiger partial charge in [0.25, 0.3) is 0 Å². The van der Waals surface area contributed by atoms with Gasteiger partial charge in [-0.25, -0.2) is 9.78 Å². The summed E-state index contributed by atoms with van der Waals surface area (Å²) in [6.07, 6.45) is 3.24. The lowest BCUT2D eigenvalue weighted by molar-refractivity contribution is 0.0696. The number of thiazole rings is 1. The zero-order chi connectivity index (χ0) is 11.4. The van der Waals surface area contributed by atoms with E-state index < -0.39 is 5.97 Å². The van der Waals surface area contributed by atoms with Gasteiger partial charge in [0.1, 0.15) is 12.4 Å². The van der Waals surface area contributed by atoms with Crippen LogP contribution in [0, 0.1) is 0 Å². The van der Waals surface area contributed by atoms with Crippen LogP contribution in [0.3, 0.4) is 0 Å². The predicted octanol–water partition coefficient (Wildman–Crippen LogP) is 1.82. The molecule has 0 aromatic carbocycles. The molecular weight excluding hydrogens is 228 g/mol. The van der Waals surface area contributed by atoms with Gasteiger partial charge in [-0.05, 0) is 12.1 Å². The maximum Gasteiger partial charge on any atom is 0.365 e. The second-order valence-electron chi connectivity index (χ2n) is 2.93. The highest BCUT2D eigenvalue weighted by Crippen LogP contribution is 2.13. The smallest absolute Gasteiger partial charge is 0.365 e. The molecule has 0 aliphatic rings. The Hall–Kier alpha value is -1.95. The number of aromatic nitrogens is 2. The maximum absolute atomic E-state index is 10.6. The van der Waals surface area contributed by atoms with Crippen LogP contribution in [0.4, 0.5) is 0 Å². The average Bonchev–Trinajstić information content (AvgIpc) is 2.76. The zero-order valence-corrected chi connectivity index (χ0v) is 8.98. The summed E-state index contributed by atoms with van der Waals surface area (Å²) in [6.45, 7) is 0.246. The van der Waals surface area contributed by atoms with Crippen LogP contribution in [0.25, 0.3) is 0 Å². The van der Waals surface area contributed by atoms with Crippen LogP contribution >= 0.6 is 11.3 Å². The molecule has 0 spiro atoms. The number of pyridine rings is 1. The minimum absolute atomic E-state index is 0.0739. The van der Waals surface area contributed by atoms with E-state index in [0.29, 0.717) is 11.4 Å². The average molecular weight is 236 g/mol. The fourth-order valence-electron chi connectivity index (χ4n) is 1.06. The number of carboxylic acid groups (broad SMARTS) is 1. The first kappa shape index (κ1) is 10.6. The molecule has 0 saturated carbocycles. The third-order valence-corrected chi connectivity index (χ3v) is 2.63. The summed E-state index contributed by atoms with van der Waals surface area (Å²) in [4.78, 5) is 18.4.